The summed E-state index contributed by atoms with van der Waals surface area (Å²) in [4.78, 5) is 0. The van der Waals surface area contributed by atoms with E-state index in [9.17, 15) is 8.42 Å². The Balaban J connectivity index is 2.23. The molecule has 0 radical (unpaired) electrons. The number of hydrogen-bond donors (Lipinski definition) is 2. The first-order valence-corrected chi connectivity index (χ1v) is 8.00. The van der Waals surface area contributed by atoms with Gasteiger partial charge in [-0.2, -0.15) is 12.7 Å². The van der Waals surface area contributed by atoms with Gasteiger partial charge in [0.15, 0.2) is 0 Å². The van der Waals surface area contributed by atoms with Gasteiger partial charge in [-0.1, -0.05) is 12.5 Å². The summed E-state index contributed by atoms with van der Waals surface area (Å²) in [6, 6.07) is 5.29. The van der Waals surface area contributed by atoms with Gasteiger partial charge >= 0.3 is 10.2 Å². The minimum Gasteiger partial charge on any atom is -0.398 e. The molecule has 1 unspecified atom stereocenters. The molecule has 1 aromatic carbocycles. The van der Waals surface area contributed by atoms with Gasteiger partial charge in [0, 0.05) is 18.3 Å². The van der Waals surface area contributed by atoms with Gasteiger partial charge in [-0.3, -0.25) is 4.72 Å². The maximum absolute atomic E-state index is 12.4. The number of nitrogen functional groups attached to an aromatic ring is 1. The summed E-state index contributed by atoms with van der Waals surface area (Å²) in [5.74, 6) is 0. The van der Waals surface area contributed by atoms with Crippen molar-refractivity contribution in [1.29, 1.82) is 0 Å². The highest BCUT2D eigenvalue weighted by Gasteiger charge is 2.29. The van der Waals surface area contributed by atoms with Gasteiger partial charge in [0.25, 0.3) is 0 Å². The molecule has 106 valence electrons. The lowest BCUT2D eigenvalue weighted by atomic mass is 10.1. The molecule has 0 aromatic heterocycles. The molecule has 1 atom stereocenters. The minimum absolute atomic E-state index is 0.0487. The Labute approximate surface area is 115 Å². The van der Waals surface area contributed by atoms with E-state index in [4.69, 9.17) is 5.73 Å². The number of rotatable bonds is 3. The lowest BCUT2D eigenvalue weighted by Gasteiger charge is -2.32. The first-order valence-electron chi connectivity index (χ1n) is 6.56. The van der Waals surface area contributed by atoms with E-state index in [1.165, 1.54) is 0 Å². The molecular formula is C13H21N3O2S. The van der Waals surface area contributed by atoms with Crippen LogP contribution in [0, 0.1) is 6.92 Å². The lowest BCUT2D eigenvalue weighted by Crippen LogP contribution is -2.44. The van der Waals surface area contributed by atoms with Crippen molar-refractivity contribution in [2.75, 3.05) is 17.0 Å². The molecule has 19 heavy (non-hydrogen) atoms. The minimum atomic E-state index is -3.50. The summed E-state index contributed by atoms with van der Waals surface area (Å²) < 4.78 is 29.0. The molecule has 0 spiro atoms. The van der Waals surface area contributed by atoms with Crippen LogP contribution in [0.15, 0.2) is 18.2 Å². The van der Waals surface area contributed by atoms with Gasteiger partial charge in [-0.25, -0.2) is 0 Å². The summed E-state index contributed by atoms with van der Waals surface area (Å²) in [6.45, 7) is 4.34. The Morgan fingerprint density at radius 1 is 1.37 bits per heavy atom. The molecule has 1 heterocycles. The zero-order chi connectivity index (χ0) is 14.0. The van der Waals surface area contributed by atoms with E-state index in [1.807, 2.05) is 13.8 Å². The van der Waals surface area contributed by atoms with Gasteiger partial charge in [-0.05, 0) is 44.4 Å². The first-order chi connectivity index (χ1) is 8.92. The molecule has 1 aliphatic rings. The predicted octanol–water partition coefficient (Wildman–Crippen LogP) is 2.11. The van der Waals surface area contributed by atoms with Crippen molar-refractivity contribution >= 4 is 21.6 Å². The Hall–Kier alpha value is -1.27. The number of nitrogens with one attached hydrogen (secondary N) is 1. The third-order valence-electron chi connectivity index (χ3n) is 3.67. The molecule has 3 N–H and O–H groups in total. The van der Waals surface area contributed by atoms with E-state index in [2.05, 4.69) is 4.72 Å². The molecule has 0 saturated carbocycles. The maximum atomic E-state index is 12.4. The SMILES string of the molecule is Cc1c(N)cccc1NS(=O)(=O)N1CCCCC1C. The fourth-order valence-corrected chi connectivity index (χ4v) is 3.96. The fourth-order valence-electron chi connectivity index (χ4n) is 2.39. The molecule has 1 saturated heterocycles. The van der Waals surface area contributed by atoms with Crippen molar-refractivity contribution < 1.29 is 8.42 Å². The van der Waals surface area contributed by atoms with Crippen LogP contribution < -0.4 is 10.5 Å². The van der Waals surface area contributed by atoms with Crippen molar-refractivity contribution in [3.05, 3.63) is 23.8 Å². The molecule has 0 bridgehead atoms. The molecule has 2 rings (SSSR count). The topological polar surface area (TPSA) is 75.4 Å². The van der Waals surface area contributed by atoms with E-state index in [0.29, 0.717) is 17.9 Å². The summed E-state index contributed by atoms with van der Waals surface area (Å²) in [7, 11) is -3.50. The number of nitrogens with two attached hydrogens (primary N) is 1. The highest BCUT2D eigenvalue weighted by Crippen LogP contribution is 2.25. The van der Waals surface area contributed by atoms with Crippen LogP contribution in [0.1, 0.15) is 31.7 Å². The standard InChI is InChI=1S/C13H21N3O2S/c1-10-6-3-4-9-16(10)19(17,18)15-13-8-5-7-12(14)11(13)2/h5,7-8,10,15H,3-4,6,9,14H2,1-2H3. The van der Waals surface area contributed by atoms with E-state index in [-0.39, 0.29) is 6.04 Å². The monoisotopic (exact) mass is 283 g/mol. The zero-order valence-electron chi connectivity index (χ0n) is 11.4. The third kappa shape index (κ3) is 3.01. The smallest absolute Gasteiger partial charge is 0.301 e. The number of nitrogens with zero attached hydrogens (tertiary/aromatic N) is 1. The molecule has 1 fully saturated rings. The van der Waals surface area contributed by atoms with E-state index < -0.39 is 10.2 Å². The van der Waals surface area contributed by atoms with Crippen molar-refractivity contribution in [2.24, 2.45) is 0 Å². The largest absolute Gasteiger partial charge is 0.398 e. The molecule has 0 aliphatic carbocycles. The van der Waals surface area contributed by atoms with Crippen LogP contribution in [0.3, 0.4) is 0 Å². The average molecular weight is 283 g/mol. The molecule has 6 heteroatoms. The van der Waals surface area contributed by atoms with Crippen molar-refractivity contribution in [1.82, 2.24) is 4.31 Å². The van der Waals surface area contributed by atoms with Crippen LogP contribution in [0.4, 0.5) is 11.4 Å². The van der Waals surface area contributed by atoms with Crippen molar-refractivity contribution in [2.45, 2.75) is 39.2 Å². The molecule has 1 aliphatic heterocycles. The Bertz CT molecular complexity index is 557. The Kier molecular flexibility index (Phi) is 4.01. The van der Waals surface area contributed by atoms with Gasteiger partial charge < -0.3 is 5.73 Å². The number of benzene rings is 1. The Morgan fingerprint density at radius 3 is 2.79 bits per heavy atom. The second-order valence-electron chi connectivity index (χ2n) is 5.08. The van der Waals surface area contributed by atoms with Crippen molar-refractivity contribution in [3.63, 3.8) is 0 Å². The van der Waals surface area contributed by atoms with Crippen LogP contribution in [0.2, 0.25) is 0 Å². The number of hydrogen-bond acceptors (Lipinski definition) is 3. The van der Waals surface area contributed by atoms with Crippen LogP contribution in [0.25, 0.3) is 0 Å². The summed E-state index contributed by atoms with van der Waals surface area (Å²) in [6.07, 6.45) is 2.92. The molecule has 0 amide bonds. The maximum Gasteiger partial charge on any atom is 0.301 e. The Morgan fingerprint density at radius 2 is 2.11 bits per heavy atom. The lowest BCUT2D eigenvalue weighted by molar-refractivity contribution is 0.270. The number of anilines is 2. The van der Waals surface area contributed by atoms with Crippen molar-refractivity contribution in [3.8, 4) is 0 Å². The fraction of sp³-hybridized carbons (Fsp3) is 0.538. The highest BCUT2D eigenvalue weighted by atomic mass is 32.2. The van der Waals surface area contributed by atoms with Gasteiger partial charge in [0.1, 0.15) is 0 Å². The summed E-state index contributed by atoms with van der Waals surface area (Å²) in [5.41, 5.74) is 7.70. The summed E-state index contributed by atoms with van der Waals surface area (Å²) in [5, 5.41) is 0. The predicted molar refractivity (Wildman–Crippen MR) is 78.2 cm³/mol. The van der Waals surface area contributed by atoms with Crippen LogP contribution in [0.5, 0.6) is 0 Å². The van der Waals surface area contributed by atoms with Crippen LogP contribution in [-0.2, 0) is 10.2 Å². The highest BCUT2D eigenvalue weighted by molar-refractivity contribution is 7.90. The van der Waals surface area contributed by atoms with Crippen LogP contribution >= 0.6 is 0 Å². The normalized spacial score (nSPS) is 21.3. The van der Waals surface area contributed by atoms with Crippen LogP contribution in [-0.4, -0.2) is 25.3 Å². The number of piperidine rings is 1. The van der Waals surface area contributed by atoms with E-state index in [1.54, 1.807) is 22.5 Å². The van der Waals surface area contributed by atoms with Gasteiger partial charge in [-0.15, -0.1) is 0 Å². The zero-order valence-corrected chi connectivity index (χ0v) is 12.2. The molecule has 1 aromatic rings. The van der Waals surface area contributed by atoms with E-state index >= 15 is 0 Å². The first kappa shape index (κ1) is 14.1. The average Bonchev–Trinajstić information content (AvgIpc) is 2.35. The quantitative estimate of drug-likeness (QED) is 0.834. The van der Waals surface area contributed by atoms with E-state index in [0.717, 1.165) is 24.8 Å². The molecule has 5 nitrogen and oxygen atoms in total. The molecular weight excluding hydrogens is 262 g/mol. The summed E-state index contributed by atoms with van der Waals surface area (Å²) >= 11 is 0. The van der Waals surface area contributed by atoms with Gasteiger partial charge in [0.05, 0.1) is 5.69 Å². The second kappa shape index (κ2) is 5.38. The second-order valence-corrected chi connectivity index (χ2v) is 6.71. The van der Waals surface area contributed by atoms with Gasteiger partial charge in [0.2, 0.25) is 0 Å². The third-order valence-corrected chi connectivity index (χ3v) is 5.30.